The van der Waals surface area contributed by atoms with Crippen molar-refractivity contribution in [2.45, 2.75) is 57.2 Å². The van der Waals surface area contributed by atoms with Gasteiger partial charge < -0.3 is 4.42 Å². The molecule has 0 N–H and O–H groups in total. The SMILES string of the molecule is O=c1nc2n(C3CCCC3)nc(-c3ccc(-c4cccc(Cl)c4)o3)nc-2c(=O)n1C1CCN(Cc2ccccc2)CC1. The van der Waals surface area contributed by atoms with E-state index < -0.39 is 11.2 Å². The highest BCUT2D eigenvalue weighted by Crippen LogP contribution is 2.34. The van der Waals surface area contributed by atoms with Crippen molar-refractivity contribution in [2.24, 2.45) is 0 Å². The maximum atomic E-state index is 14.0. The predicted octanol–water partition coefficient (Wildman–Crippen LogP) is 5.83. The van der Waals surface area contributed by atoms with Crippen molar-refractivity contribution in [3.8, 4) is 34.4 Å². The fourth-order valence-corrected chi connectivity index (χ4v) is 6.48. The van der Waals surface area contributed by atoms with Gasteiger partial charge in [-0.3, -0.25) is 14.3 Å². The molecule has 1 saturated heterocycles. The molecule has 1 aliphatic carbocycles. The Morgan fingerprint density at radius 3 is 2.36 bits per heavy atom. The van der Waals surface area contributed by atoms with Gasteiger partial charge in [-0.15, -0.1) is 5.10 Å². The summed E-state index contributed by atoms with van der Waals surface area (Å²) in [7, 11) is 0. The summed E-state index contributed by atoms with van der Waals surface area (Å²) in [6.07, 6.45) is 5.30. The summed E-state index contributed by atoms with van der Waals surface area (Å²) >= 11 is 6.19. The lowest BCUT2D eigenvalue weighted by molar-refractivity contribution is 0.175. The van der Waals surface area contributed by atoms with E-state index in [2.05, 4.69) is 27.0 Å². The molecule has 0 spiro atoms. The van der Waals surface area contributed by atoms with E-state index in [1.165, 1.54) is 10.1 Å². The Morgan fingerprint density at radius 2 is 1.60 bits per heavy atom. The fourth-order valence-electron chi connectivity index (χ4n) is 6.29. The topological polar surface area (TPSA) is 99.0 Å². The van der Waals surface area contributed by atoms with Crippen LogP contribution in [0.15, 0.2) is 80.7 Å². The minimum absolute atomic E-state index is 0.0417. The Morgan fingerprint density at radius 1 is 0.833 bits per heavy atom. The number of furan rings is 1. The second kappa shape index (κ2) is 11.3. The van der Waals surface area contributed by atoms with E-state index in [-0.39, 0.29) is 23.6 Å². The zero-order valence-corrected chi connectivity index (χ0v) is 23.9. The molecule has 1 saturated carbocycles. The molecule has 214 valence electrons. The van der Waals surface area contributed by atoms with Crippen LogP contribution in [0.2, 0.25) is 5.02 Å². The van der Waals surface area contributed by atoms with Crippen LogP contribution in [-0.4, -0.2) is 42.3 Å². The second-order valence-electron chi connectivity index (χ2n) is 11.2. The molecule has 4 heterocycles. The van der Waals surface area contributed by atoms with Crippen LogP contribution in [0, 0.1) is 0 Å². The molecule has 0 unspecified atom stereocenters. The van der Waals surface area contributed by atoms with Crippen LogP contribution in [0.5, 0.6) is 0 Å². The lowest BCUT2D eigenvalue weighted by atomic mass is 10.0. The molecule has 0 amide bonds. The summed E-state index contributed by atoms with van der Waals surface area (Å²) in [5, 5.41) is 5.39. The first-order valence-electron chi connectivity index (χ1n) is 14.6. The van der Waals surface area contributed by atoms with Crippen LogP contribution in [-0.2, 0) is 6.54 Å². The predicted molar refractivity (Wildman–Crippen MR) is 161 cm³/mol. The third kappa shape index (κ3) is 5.18. The van der Waals surface area contributed by atoms with Gasteiger partial charge in [0, 0.05) is 36.3 Å². The average Bonchev–Trinajstić information content (AvgIpc) is 3.72. The van der Waals surface area contributed by atoms with Crippen molar-refractivity contribution in [3.05, 3.63) is 98.2 Å². The molecule has 42 heavy (non-hydrogen) atoms. The average molecular weight is 583 g/mol. The zero-order chi connectivity index (χ0) is 28.6. The first kappa shape index (κ1) is 26.8. The molecule has 0 bridgehead atoms. The molecule has 3 aromatic rings. The number of hydrogen-bond donors (Lipinski definition) is 0. The van der Waals surface area contributed by atoms with E-state index in [9.17, 15) is 9.59 Å². The first-order chi connectivity index (χ1) is 20.5. The van der Waals surface area contributed by atoms with Gasteiger partial charge in [-0.2, -0.15) is 4.98 Å². The normalized spacial score (nSPS) is 16.9. The van der Waals surface area contributed by atoms with Gasteiger partial charge in [-0.1, -0.05) is 66.9 Å². The van der Waals surface area contributed by atoms with E-state index in [1.54, 1.807) is 16.8 Å². The number of halogens is 1. The van der Waals surface area contributed by atoms with Crippen molar-refractivity contribution < 1.29 is 4.42 Å². The van der Waals surface area contributed by atoms with E-state index in [0.717, 1.165) is 50.9 Å². The molecule has 0 atom stereocenters. The lowest BCUT2D eigenvalue weighted by Crippen LogP contribution is -2.45. The van der Waals surface area contributed by atoms with Gasteiger partial charge in [0.2, 0.25) is 5.82 Å². The standard InChI is InChI=1S/C32H31ClN6O3/c33-23-10-6-9-22(19-23)26-13-14-27(42-26)29-34-28-30(39(36-29)25-11-4-5-12-25)35-32(41)38(31(28)40)24-15-17-37(18-16-24)20-21-7-2-1-3-8-21/h1-3,6-10,13-14,19,24-25H,4-5,11-12,15-18,20H2. The van der Waals surface area contributed by atoms with Gasteiger partial charge in [0.1, 0.15) is 5.76 Å². The minimum atomic E-state index is -0.529. The van der Waals surface area contributed by atoms with Crippen LogP contribution in [0.4, 0.5) is 0 Å². The maximum Gasteiger partial charge on any atom is 0.352 e. The number of benzene rings is 2. The molecule has 2 fully saturated rings. The van der Waals surface area contributed by atoms with Crippen LogP contribution >= 0.6 is 11.6 Å². The molecule has 10 heteroatoms. The Balaban J connectivity index is 1.25. The lowest BCUT2D eigenvalue weighted by Gasteiger charge is -2.32. The van der Waals surface area contributed by atoms with Gasteiger partial charge >= 0.3 is 5.69 Å². The van der Waals surface area contributed by atoms with Crippen LogP contribution in [0.25, 0.3) is 34.4 Å². The van der Waals surface area contributed by atoms with Gasteiger partial charge in [-0.25, -0.2) is 14.5 Å². The number of aromatic nitrogens is 5. The van der Waals surface area contributed by atoms with Gasteiger partial charge in [-0.05, 0) is 55.5 Å². The highest BCUT2D eigenvalue weighted by atomic mass is 35.5. The Bertz CT molecular complexity index is 1800. The van der Waals surface area contributed by atoms with Gasteiger partial charge in [0.15, 0.2) is 17.3 Å². The molecule has 3 aliphatic heterocycles. The zero-order valence-electron chi connectivity index (χ0n) is 23.2. The number of rotatable bonds is 6. The largest absolute Gasteiger partial charge is 0.453 e. The number of nitrogens with zero attached hydrogens (tertiary/aromatic N) is 6. The summed E-state index contributed by atoms with van der Waals surface area (Å²) in [6, 6.07) is 21.2. The Labute approximate surface area is 247 Å². The number of fused-ring (bicyclic) bond motifs is 1. The Kier molecular flexibility index (Phi) is 7.21. The fraction of sp³-hybridized carbons (Fsp3) is 0.344. The van der Waals surface area contributed by atoms with Crippen molar-refractivity contribution in [3.63, 3.8) is 0 Å². The molecule has 2 aromatic carbocycles. The molecular formula is C32H31ClN6O3. The highest BCUT2D eigenvalue weighted by Gasteiger charge is 2.31. The smallest absolute Gasteiger partial charge is 0.352 e. The molecule has 1 aromatic heterocycles. The summed E-state index contributed by atoms with van der Waals surface area (Å²) in [5.41, 5.74) is 1.29. The van der Waals surface area contributed by atoms with E-state index >= 15 is 0 Å². The molecule has 4 aliphatic rings. The van der Waals surface area contributed by atoms with Crippen molar-refractivity contribution in [1.82, 2.24) is 29.2 Å². The molecule has 9 nitrogen and oxygen atoms in total. The summed E-state index contributed by atoms with van der Waals surface area (Å²) in [6.45, 7) is 2.43. The van der Waals surface area contributed by atoms with Crippen molar-refractivity contribution in [2.75, 3.05) is 13.1 Å². The summed E-state index contributed by atoms with van der Waals surface area (Å²) in [5.74, 6) is 1.60. The van der Waals surface area contributed by atoms with Gasteiger partial charge in [0.25, 0.3) is 5.56 Å². The highest BCUT2D eigenvalue weighted by molar-refractivity contribution is 6.30. The van der Waals surface area contributed by atoms with Crippen LogP contribution in [0.1, 0.15) is 56.2 Å². The third-order valence-corrected chi connectivity index (χ3v) is 8.69. The number of likely N-dealkylation sites (tertiary alicyclic amines) is 1. The van der Waals surface area contributed by atoms with Crippen LogP contribution < -0.4 is 11.2 Å². The monoisotopic (exact) mass is 582 g/mol. The summed E-state index contributed by atoms with van der Waals surface area (Å²) < 4.78 is 9.21. The summed E-state index contributed by atoms with van der Waals surface area (Å²) in [4.78, 5) is 38.8. The minimum Gasteiger partial charge on any atom is -0.453 e. The molecular weight excluding hydrogens is 552 g/mol. The third-order valence-electron chi connectivity index (χ3n) is 8.46. The maximum absolute atomic E-state index is 14.0. The number of piperidine rings is 1. The second-order valence-corrected chi connectivity index (χ2v) is 11.7. The van der Waals surface area contributed by atoms with E-state index in [0.29, 0.717) is 35.2 Å². The quantitative estimate of drug-likeness (QED) is 0.248. The van der Waals surface area contributed by atoms with E-state index in [4.69, 9.17) is 21.1 Å². The van der Waals surface area contributed by atoms with Crippen molar-refractivity contribution in [1.29, 1.82) is 0 Å². The Hall–Kier alpha value is -4.08. The van der Waals surface area contributed by atoms with E-state index in [1.807, 2.05) is 42.5 Å². The van der Waals surface area contributed by atoms with Crippen LogP contribution in [0.3, 0.4) is 0 Å². The van der Waals surface area contributed by atoms with Gasteiger partial charge in [0.05, 0.1) is 6.04 Å². The number of hydrogen-bond acceptors (Lipinski definition) is 7. The first-order valence-corrected chi connectivity index (χ1v) is 15.0. The van der Waals surface area contributed by atoms with Crippen molar-refractivity contribution >= 4 is 11.6 Å². The molecule has 7 rings (SSSR count). The molecule has 0 radical (unpaired) electrons.